The van der Waals surface area contributed by atoms with E-state index < -0.39 is 6.03 Å². The first-order chi connectivity index (χ1) is 9.17. The first-order valence-corrected chi connectivity index (χ1v) is 5.31. The summed E-state index contributed by atoms with van der Waals surface area (Å²) in [6.45, 7) is 0. The Labute approximate surface area is 109 Å². The fourth-order valence-electron chi connectivity index (χ4n) is 1.39. The minimum Gasteiger partial charge on any atom is -0.397 e. The number of anilines is 3. The zero-order valence-electron chi connectivity index (χ0n) is 9.79. The Morgan fingerprint density at radius 1 is 1.11 bits per heavy atom. The summed E-state index contributed by atoms with van der Waals surface area (Å²) >= 11 is 0. The highest BCUT2D eigenvalue weighted by Gasteiger charge is 2.04. The zero-order chi connectivity index (χ0) is 13.7. The van der Waals surface area contributed by atoms with Crippen molar-refractivity contribution in [3.8, 4) is 6.07 Å². The van der Waals surface area contributed by atoms with Crippen LogP contribution in [0.25, 0.3) is 0 Å². The number of urea groups is 1. The summed E-state index contributed by atoms with van der Waals surface area (Å²) in [5.41, 5.74) is 7.26. The summed E-state index contributed by atoms with van der Waals surface area (Å²) in [4.78, 5) is 19.4. The van der Waals surface area contributed by atoms with Crippen LogP contribution in [0.3, 0.4) is 0 Å². The van der Waals surface area contributed by atoms with Crippen LogP contribution in [0.15, 0.2) is 36.9 Å². The molecule has 0 atom stereocenters. The molecule has 0 unspecified atom stereocenters. The number of hydrogen-bond donors (Lipinski definition) is 3. The smallest absolute Gasteiger partial charge is 0.323 e. The van der Waals surface area contributed by atoms with Crippen molar-refractivity contribution in [3.63, 3.8) is 0 Å². The van der Waals surface area contributed by atoms with Crippen LogP contribution in [0.4, 0.5) is 21.9 Å². The molecule has 4 N–H and O–H groups in total. The molecule has 7 nitrogen and oxygen atoms in total. The number of nitrogen functional groups attached to an aromatic ring is 1. The van der Waals surface area contributed by atoms with Crippen molar-refractivity contribution in [2.45, 2.75) is 0 Å². The van der Waals surface area contributed by atoms with Gasteiger partial charge >= 0.3 is 6.03 Å². The van der Waals surface area contributed by atoms with E-state index in [1.807, 2.05) is 6.07 Å². The monoisotopic (exact) mass is 254 g/mol. The van der Waals surface area contributed by atoms with E-state index in [4.69, 9.17) is 11.0 Å². The number of pyridine rings is 2. The maximum absolute atomic E-state index is 11.7. The molecule has 94 valence electrons. The fraction of sp³-hybridized carbons (Fsp3) is 0. The molecule has 2 aromatic rings. The molecule has 7 heteroatoms. The number of nitrogens with zero attached hydrogens (tertiary/aromatic N) is 3. The third-order valence-corrected chi connectivity index (χ3v) is 2.14. The molecule has 0 fully saturated rings. The summed E-state index contributed by atoms with van der Waals surface area (Å²) in [5.74, 6) is 0. The van der Waals surface area contributed by atoms with E-state index in [-0.39, 0.29) is 0 Å². The van der Waals surface area contributed by atoms with Crippen LogP contribution in [0.5, 0.6) is 0 Å². The van der Waals surface area contributed by atoms with Gasteiger partial charge in [0.2, 0.25) is 0 Å². The van der Waals surface area contributed by atoms with Crippen molar-refractivity contribution in [3.05, 3.63) is 42.5 Å². The molecule has 0 aliphatic heterocycles. The molecule has 2 rings (SSSR count). The van der Waals surface area contributed by atoms with Gasteiger partial charge in [-0.25, -0.2) is 4.79 Å². The number of nitriles is 1. The van der Waals surface area contributed by atoms with E-state index in [2.05, 4.69) is 20.6 Å². The number of rotatable bonds is 2. The summed E-state index contributed by atoms with van der Waals surface area (Å²) in [6, 6.07) is 4.57. The quantitative estimate of drug-likeness (QED) is 0.752. The minimum atomic E-state index is -0.468. The van der Waals surface area contributed by atoms with E-state index in [0.29, 0.717) is 22.6 Å². The molecule has 0 radical (unpaired) electrons. The number of amides is 2. The molecule has 0 aliphatic rings. The molecule has 0 bridgehead atoms. The van der Waals surface area contributed by atoms with Gasteiger partial charge in [0.15, 0.2) is 0 Å². The van der Waals surface area contributed by atoms with Gasteiger partial charge in [0.1, 0.15) is 6.07 Å². The molecule has 0 spiro atoms. The van der Waals surface area contributed by atoms with E-state index >= 15 is 0 Å². The van der Waals surface area contributed by atoms with E-state index in [0.717, 1.165) is 0 Å². The molecule has 0 aliphatic carbocycles. The topological polar surface area (TPSA) is 117 Å². The molecule has 2 amide bonds. The van der Waals surface area contributed by atoms with Crippen LogP contribution in [0, 0.1) is 11.3 Å². The van der Waals surface area contributed by atoms with Gasteiger partial charge in [0, 0.05) is 12.4 Å². The standard InChI is InChI=1S/C12H10N6O/c13-3-8-1-10(6-15-4-8)17-12(19)18-11-2-9(14)5-16-7-11/h1-2,4-7H,14H2,(H2,17,18,19). The SMILES string of the molecule is N#Cc1cncc(NC(=O)Nc2cncc(N)c2)c1. The number of nitrogens with two attached hydrogens (primary N) is 1. The van der Waals surface area contributed by atoms with Gasteiger partial charge in [-0.15, -0.1) is 0 Å². The second kappa shape index (κ2) is 5.46. The van der Waals surface area contributed by atoms with Crippen molar-refractivity contribution in [2.75, 3.05) is 16.4 Å². The van der Waals surface area contributed by atoms with Gasteiger partial charge in [-0.2, -0.15) is 5.26 Å². The third-order valence-electron chi connectivity index (χ3n) is 2.14. The van der Waals surface area contributed by atoms with Gasteiger partial charge in [-0.3, -0.25) is 9.97 Å². The maximum Gasteiger partial charge on any atom is 0.323 e. The highest BCUT2D eigenvalue weighted by molar-refractivity contribution is 5.99. The Morgan fingerprint density at radius 2 is 1.74 bits per heavy atom. The van der Waals surface area contributed by atoms with Crippen molar-refractivity contribution >= 4 is 23.1 Å². The van der Waals surface area contributed by atoms with E-state index in [1.165, 1.54) is 30.9 Å². The highest BCUT2D eigenvalue weighted by Crippen LogP contribution is 2.11. The average Bonchev–Trinajstić information content (AvgIpc) is 2.38. The molecular weight excluding hydrogens is 244 g/mol. The first-order valence-electron chi connectivity index (χ1n) is 5.31. The fourth-order valence-corrected chi connectivity index (χ4v) is 1.39. The first kappa shape index (κ1) is 12.3. The Morgan fingerprint density at radius 3 is 2.37 bits per heavy atom. The second-order valence-electron chi connectivity index (χ2n) is 3.66. The molecule has 0 saturated heterocycles. The number of hydrogen-bond acceptors (Lipinski definition) is 5. The van der Waals surface area contributed by atoms with Gasteiger partial charge in [0.25, 0.3) is 0 Å². The number of carbonyl (C=O) groups excluding carboxylic acids is 1. The van der Waals surface area contributed by atoms with Crippen molar-refractivity contribution in [1.29, 1.82) is 5.26 Å². The lowest BCUT2D eigenvalue weighted by Gasteiger charge is -2.07. The summed E-state index contributed by atoms with van der Waals surface area (Å²) < 4.78 is 0. The normalized spacial score (nSPS) is 9.42. The summed E-state index contributed by atoms with van der Waals surface area (Å²) in [5, 5.41) is 13.8. The molecular formula is C12H10N6O. The molecule has 19 heavy (non-hydrogen) atoms. The van der Waals surface area contributed by atoms with E-state index in [1.54, 1.807) is 6.07 Å². The van der Waals surface area contributed by atoms with Crippen LogP contribution in [-0.4, -0.2) is 16.0 Å². The Kier molecular flexibility index (Phi) is 3.54. The van der Waals surface area contributed by atoms with Crippen LogP contribution < -0.4 is 16.4 Å². The van der Waals surface area contributed by atoms with Crippen molar-refractivity contribution < 1.29 is 4.79 Å². The van der Waals surface area contributed by atoms with Gasteiger partial charge < -0.3 is 16.4 Å². The minimum absolute atomic E-state index is 0.364. The largest absolute Gasteiger partial charge is 0.397 e. The Bertz CT molecular complexity index is 649. The third kappa shape index (κ3) is 3.41. The predicted octanol–water partition coefficient (Wildman–Crippen LogP) is 1.57. The number of carbonyl (C=O) groups is 1. The van der Waals surface area contributed by atoms with Gasteiger partial charge in [-0.1, -0.05) is 0 Å². The zero-order valence-corrected chi connectivity index (χ0v) is 9.79. The summed E-state index contributed by atoms with van der Waals surface area (Å²) in [7, 11) is 0. The Hall–Kier alpha value is -3.14. The molecule has 0 aromatic carbocycles. The van der Waals surface area contributed by atoms with Crippen LogP contribution in [0.1, 0.15) is 5.56 Å². The predicted molar refractivity (Wildman–Crippen MR) is 70.2 cm³/mol. The van der Waals surface area contributed by atoms with Gasteiger partial charge in [0.05, 0.1) is 35.0 Å². The maximum atomic E-state index is 11.7. The lowest BCUT2D eigenvalue weighted by molar-refractivity contribution is 0.262. The van der Waals surface area contributed by atoms with Crippen LogP contribution in [0.2, 0.25) is 0 Å². The highest BCUT2D eigenvalue weighted by atomic mass is 16.2. The van der Waals surface area contributed by atoms with Crippen molar-refractivity contribution in [2.24, 2.45) is 0 Å². The van der Waals surface area contributed by atoms with Crippen molar-refractivity contribution in [1.82, 2.24) is 9.97 Å². The second-order valence-corrected chi connectivity index (χ2v) is 3.66. The van der Waals surface area contributed by atoms with Gasteiger partial charge in [-0.05, 0) is 12.1 Å². The van der Waals surface area contributed by atoms with E-state index in [9.17, 15) is 4.79 Å². The van der Waals surface area contributed by atoms with Crippen LogP contribution in [-0.2, 0) is 0 Å². The number of nitrogens with one attached hydrogen (secondary N) is 2. The molecule has 2 aromatic heterocycles. The molecule has 0 saturated carbocycles. The Balaban J connectivity index is 2.03. The lowest BCUT2D eigenvalue weighted by atomic mass is 10.3. The lowest BCUT2D eigenvalue weighted by Crippen LogP contribution is -2.19. The molecule has 2 heterocycles. The average molecular weight is 254 g/mol. The summed E-state index contributed by atoms with van der Waals surface area (Å²) in [6.07, 6.45) is 5.80. The van der Waals surface area contributed by atoms with Crippen LogP contribution >= 0.6 is 0 Å². The number of aromatic nitrogens is 2.